The van der Waals surface area contributed by atoms with Crippen LogP contribution >= 0.6 is 0 Å². The van der Waals surface area contributed by atoms with Crippen LogP contribution in [0.15, 0.2) is 48.5 Å². The van der Waals surface area contributed by atoms with Crippen molar-refractivity contribution in [2.45, 2.75) is 38.7 Å². The largest absolute Gasteiger partial charge is 0.416 e. The number of aliphatic hydroxyl groups excluding tert-OH is 2. The lowest BCUT2D eigenvalue weighted by molar-refractivity contribution is -0.137. The first-order chi connectivity index (χ1) is 13.6. The van der Waals surface area contributed by atoms with Crippen molar-refractivity contribution in [3.05, 3.63) is 59.7 Å². The van der Waals surface area contributed by atoms with Crippen molar-refractivity contribution in [1.82, 2.24) is 4.90 Å². The van der Waals surface area contributed by atoms with E-state index < -0.39 is 17.8 Å². The molecule has 1 aliphatic rings. The minimum atomic E-state index is -4.36. The number of likely N-dealkylation sites (tertiary alicyclic amines) is 1. The fourth-order valence-electron chi connectivity index (χ4n) is 4.25. The van der Waals surface area contributed by atoms with Crippen LogP contribution < -0.4 is 0 Å². The van der Waals surface area contributed by atoms with Gasteiger partial charge in [0.05, 0.1) is 17.8 Å². The van der Waals surface area contributed by atoms with Gasteiger partial charge in [-0.05, 0) is 40.7 Å². The molecule has 6 heteroatoms. The van der Waals surface area contributed by atoms with Crippen LogP contribution in [0.25, 0.3) is 11.1 Å². The lowest BCUT2D eigenvalue weighted by Crippen LogP contribution is -2.49. The maximum Gasteiger partial charge on any atom is 0.416 e. The Balaban J connectivity index is 1.71. The van der Waals surface area contributed by atoms with Crippen LogP contribution in [-0.4, -0.2) is 47.0 Å². The van der Waals surface area contributed by atoms with Gasteiger partial charge in [0.1, 0.15) is 0 Å². The second-order valence-corrected chi connectivity index (χ2v) is 8.25. The number of halogens is 3. The summed E-state index contributed by atoms with van der Waals surface area (Å²) in [6.07, 6.45) is -4.85. The van der Waals surface area contributed by atoms with E-state index >= 15 is 0 Å². The summed E-state index contributed by atoms with van der Waals surface area (Å²) in [6, 6.07) is 12.6. The first-order valence-electron chi connectivity index (χ1n) is 9.99. The summed E-state index contributed by atoms with van der Waals surface area (Å²) in [5, 5.41) is 20.8. The monoisotopic (exact) mass is 407 g/mol. The predicted octanol–water partition coefficient (Wildman–Crippen LogP) is 4.22. The third-order valence-corrected chi connectivity index (χ3v) is 5.72. The van der Waals surface area contributed by atoms with Crippen LogP contribution in [0.1, 0.15) is 25.0 Å². The number of β-amino-alcohol motifs (C(OH)–C–C–N with tert-alkyl or cyclic N) is 1. The van der Waals surface area contributed by atoms with Crippen LogP contribution in [0.4, 0.5) is 13.2 Å². The van der Waals surface area contributed by atoms with Gasteiger partial charge in [0.15, 0.2) is 0 Å². The molecule has 3 nitrogen and oxygen atoms in total. The van der Waals surface area contributed by atoms with E-state index in [9.17, 15) is 23.4 Å². The second-order valence-electron chi connectivity index (χ2n) is 8.25. The zero-order valence-electron chi connectivity index (χ0n) is 16.7. The van der Waals surface area contributed by atoms with Gasteiger partial charge in [-0.25, -0.2) is 0 Å². The van der Waals surface area contributed by atoms with Crippen molar-refractivity contribution in [3.63, 3.8) is 0 Å². The fraction of sp³-hybridized carbons (Fsp3) is 0.478. The Morgan fingerprint density at radius 1 is 1.00 bits per heavy atom. The average Bonchev–Trinajstić information content (AvgIpc) is 2.66. The Bertz CT molecular complexity index is 795. The van der Waals surface area contributed by atoms with E-state index in [0.717, 1.165) is 36.3 Å². The summed E-state index contributed by atoms with van der Waals surface area (Å²) < 4.78 is 38.5. The summed E-state index contributed by atoms with van der Waals surface area (Å²) in [4.78, 5) is 2.17. The van der Waals surface area contributed by atoms with Gasteiger partial charge in [0.2, 0.25) is 0 Å². The minimum Gasteiger partial charge on any atom is -0.392 e. The lowest BCUT2D eigenvalue weighted by atomic mass is 9.88. The molecule has 1 heterocycles. The van der Waals surface area contributed by atoms with Crippen LogP contribution in [0.5, 0.6) is 0 Å². The zero-order chi connectivity index (χ0) is 21.2. The van der Waals surface area contributed by atoms with Crippen LogP contribution in [0, 0.1) is 11.8 Å². The van der Waals surface area contributed by atoms with Gasteiger partial charge in [0, 0.05) is 26.1 Å². The molecule has 2 N–H and O–H groups in total. The maximum absolute atomic E-state index is 12.8. The number of hydrogen-bond donors (Lipinski definition) is 2. The summed E-state index contributed by atoms with van der Waals surface area (Å²) in [5.41, 5.74) is 1.76. The smallest absolute Gasteiger partial charge is 0.392 e. The molecule has 1 saturated heterocycles. The fourth-order valence-corrected chi connectivity index (χ4v) is 4.25. The number of alkyl halides is 3. The highest BCUT2D eigenvalue weighted by molar-refractivity contribution is 5.67. The molecule has 0 spiro atoms. The Kier molecular flexibility index (Phi) is 6.66. The van der Waals surface area contributed by atoms with Crippen molar-refractivity contribution in [2.75, 3.05) is 19.6 Å². The minimum absolute atomic E-state index is 0.158. The molecule has 3 unspecified atom stereocenters. The number of aliphatic hydroxyl groups is 2. The quantitative estimate of drug-likeness (QED) is 0.780. The molecule has 3 atom stereocenters. The molecular formula is C23H28F3NO2. The number of benzene rings is 2. The molecule has 158 valence electrons. The van der Waals surface area contributed by atoms with E-state index in [4.69, 9.17) is 0 Å². The molecule has 3 rings (SSSR count). The normalized spacial score (nSPS) is 24.4. The molecule has 1 fully saturated rings. The molecule has 0 aromatic heterocycles. The molecule has 2 aromatic rings. The summed E-state index contributed by atoms with van der Waals surface area (Å²) in [5.74, 6) is 0.316. The molecule has 0 amide bonds. The summed E-state index contributed by atoms with van der Waals surface area (Å²) >= 11 is 0. The number of piperidine rings is 1. The third kappa shape index (κ3) is 5.38. The Hall–Kier alpha value is -1.89. The van der Waals surface area contributed by atoms with Gasteiger partial charge >= 0.3 is 6.18 Å². The molecule has 0 aliphatic carbocycles. The third-order valence-electron chi connectivity index (χ3n) is 5.72. The number of nitrogens with zero attached hydrogens (tertiary/aromatic N) is 1. The summed E-state index contributed by atoms with van der Waals surface area (Å²) in [7, 11) is 0. The van der Waals surface area contributed by atoms with E-state index in [2.05, 4.69) is 4.90 Å². The van der Waals surface area contributed by atoms with E-state index in [1.54, 1.807) is 0 Å². The Labute approximate surface area is 169 Å². The lowest BCUT2D eigenvalue weighted by Gasteiger charge is -2.39. The Morgan fingerprint density at radius 3 is 2.17 bits per heavy atom. The molecule has 1 aliphatic heterocycles. The highest BCUT2D eigenvalue weighted by Gasteiger charge is 2.31. The van der Waals surface area contributed by atoms with E-state index in [0.29, 0.717) is 18.5 Å². The molecule has 0 radical (unpaired) electrons. The predicted molar refractivity (Wildman–Crippen MR) is 107 cm³/mol. The van der Waals surface area contributed by atoms with Gasteiger partial charge in [-0.2, -0.15) is 13.2 Å². The first-order valence-corrected chi connectivity index (χ1v) is 9.99. The second kappa shape index (κ2) is 8.86. The van der Waals surface area contributed by atoms with Crippen molar-refractivity contribution < 1.29 is 23.4 Å². The number of rotatable bonds is 5. The van der Waals surface area contributed by atoms with Crippen LogP contribution in [0.2, 0.25) is 0 Å². The molecular weight excluding hydrogens is 379 g/mol. The Morgan fingerprint density at radius 2 is 1.59 bits per heavy atom. The zero-order valence-corrected chi connectivity index (χ0v) is 16.7. The topological polar surface area (TPSA) is 43.7 Å². The van der Waals surface area contributed by atoms with Gasteiger partial charge < -0.3 is 15.1 Å². The van der Waals surface area contributed by atoms with Crippen molar-refractivity contribution in [1.29, 1.82) is 0 Å². The van der Waals surface area contributed by atoms with Gasteiger partial charge in [-0.3, -0.25) is 0 Å². The van der Waals surface area contributed by atoms with Crippen molar-refractivity contribution in [3.8, 4) is 11.1 Å². The standard InChI is InChI=1S/C23H28F3NO2/c1-15-12-27(13-16(2)22(15)29)14-20(28)11-18-5-3-4-6-21(18)17-7-9-19(10-8-17)23(24,25)26/h3-10,15-16,20,22,28-29H,11-14H2,1-2H3. The molecule has 0 bridgehead atoms. The van der Waals surface area contributed by atoms with Crippen molar-refractivity contribution in [2.24, 2.45) is 11.8 Å². The highest BCUT2D eigenvalue weighted by Crippen LogP contribution is 2.32. The van der Waals surface area contributed by atoms with Crippen LogP contribution in [0.3, 0.4) is 0 Å². The molecule has 2 aromatic carbocycles. The molecule has 0 saturated carbocycles. The van der Waals surface area contributed by atoms with E-state index in [1.807, 2.05) is 38.1 Å². The van der Waals surface area contributed by atoms with Gasteiger partial charge in [-0.1, -0.05) is 50.2 Å². The maximum atomic E-state index is 12.8. The van der Waals surface area contributed by atoms with Gasteiger partial charge in [0.25, 0.3) is 0 Å². The highest BCUT2D eigenvalue weighted by atomic mass is 19.4. The SMILES string of the molecule is CC1CN(CC(O)Cc2ccccc2-c2ccc(C(F)(F)F)cc2)CC(C)C1O. The first kappa shape index (κ1) is 21.8. The number of hydrogen-bond acceptors (Lipinski definition) is 3. The average molecular weight is 407 g/mol. The van der Waals surface area contributed by atoms with Crippen molar-refractivity contribution >= 4 is 0 Å². The van der Waals surface area contributed by atoms with Crippen LogP contribution in [-0.2, 0) is 12.6 Å². The summed E-state index contributed by atoms with van der Waals surface area (Å²) in [6.45, 7) is 6.01. The van der Waals surface area contributed by atoms with E-state index in [1.165, 1.54) is 12.1 Å². The molecule has 29 heavy (non-hydrogen) atoms. The van der Waals surface area contributed by atoms with Gasteiger partial charge in [-0.15, -0.1) is 0 Å². The van der Waals surface area contributed by atoms with E-state index in [-0.39, 0.29) is 17.9 Å².